The van der Waals surface area contributed by atoms with Crippen molar-refractivity contribution in [1.29, 1.82) is 0 Å². The van der Waals surface area contributed by atoms with Gasteiger partial charge >= 0.3 is 0 Å². The van der Waals surface area contributed by atoms with Gasteiger partial charge < -0.3 is 14.5 Å². The Morgan fingerprint density at radius 1 is 1.29 bits per heavy atom. The first kappa shape index (κ1) is 11.7. The van der Waals surface area contributed by atoms with Crippen LogP contribution in [0.3, 0.4) is 0 Å². The zero-order valence-corrected chi connectivity index (χ0v) is 10.1. The lowest BCUT2D eigenvalue weighted by Crippen LogP contribution is -2.04. The van der Waals surface area contributed by atoms with Crippen LogP contribution in [0, 0.1) is 6.92 Å². The van der Waals surface area contributed by atoms with Crippen LogP contribution >= 0.6 is 0 Å². The van der Waals surface area contributed by atoms with E-state index in [0.29, 0.717) is 6.61 Å². The van der Waals surface area contributed by atoms with Crippen molar-refractivity contribution in [2.24, 2.45) is 0 Å². The summed E-state index contributed by atoms with van der Waals surface area (Å²) >= 11 is 0. The van der Waals surface area contributed by atoms with Gasteiger partial charge in [0.15, 0.2) is 6.39 Å². The van der Waals surface area contributed by atoms with E-state index in [2.05, 4.69) is 10.3 Å². The van der Waals surface area contributed by atoms with Gasteiger partial charge in [0.2, 0.25) is 0 Å². The van der Waals surface area contributed by atoms with E-state index in [9.17, 15) is 0 Å². The van der Waals surface area contributed by atoms with Crippen LogP contribution in [0.1, 0.15) is 17.0 Å². The molecule has 0 aliphatic carbocycles. The van der Waals surface area contributed by atoms with Crippen molar-refractivity contribution in [1.82, 2.24) is 10.3 Å². The average Bonchev–Trinajstić information content (AvgIpc) is 2.75. The van der Waals surface area contributed by atoms with Crippen molar-refractivity contribution in [3.05, 3.63) is 47.7 Å². The first-order chi connectivity index (χ1) is 8.29. The molecule has 0 radical (unpaired) electrons. The van der Waals surface area contributed by atoms with Crippen LogP contribution in [0.2, 0.25) is 0 Å². The number of hydrogen-bond acceptors (Lipinski definition) is 4. The van der Waals surface area contributed by atoms with Crippen LogP contribution in [0.5, 0.6) is 5.75 Å². The molecule has 0 spiro atoms. The fourth-order valence-electron chi connectivity index (χ4n) is 1.53. The molecule has 0 saturated heterocycles. The Labute approximate surface area is 101 Å². The van der Waals surface area contributed by atoms with Crippen LogP contribution in [0.15, 0.2) is 35.1 Å². The molecule has 0 fully saturated rings. The maximum atomic E-state index is 5.62. The molecule has 0 saturated carbocycles. The van der Waals surface area contributed by atoms with Gasteiger partial charge in [-0.05, 0) is 31.7 Å². The highest BCUT2D eigenvalue weighted by Gasteiger charge is 2.03. The van der Waals surface area contributed by atoms with Crippen molar-refractivity contribution in [3.8, 4) is 5.75 Å². The van der Waals surface area contributed by atoms with E-state index >= 15 is 0 Å². The monoisotopic (exact) mass is 232 g/mol. The van der Waals surface area contributed by atoms with Gasteiger partial charge in [0.25, 0.3) is 0 Å². The van der Waals surface area contributed by atoms with E-state index in [4.69, 9.17) is 9.15 Å². The Kier molecular flexibility index (Phi) is 3.77. The number of hydrogen-bond donors (Lipinski definition) is 1. The van der Waals surface area contributed by atoms with E-state index < -0.39 is 0 Å². The Hall–Kier alpha value is -1.81. The molecule has 0 bridgehead atoms. The van der Waals surface area contributed by atoms with Crippen molar-refractivity contribution in [2.75, 3.05) is 7.05 Å². The molecule has 4 heteroatoms. The molecule has 4 nitrogen and oxygen atoms in total. The zero-order chi connectivity index (χ0) is 12.1. The second-order valence-electron chi connectivity index (χ2n) is 3.82. The average molecular weight is 232 g/mol. The largest absolute Gasteiger partial charge is 0.487 e. The minimum Gasteiger partial charge on any atom is -0.487 e. The van der Waals surface area contributed by atoms with Gasteiger partial charge in [-0.1, -0.05) is 12.1 Å². The molecule has 1 heterocycles. The molecule has 0 amide bonds. The number of aromatic nitrogens is 1. The predicted octanol–water partition coefficient (Wildman–Crippen LogP) is 2.28. The van der Waals surface area contributed by atoms with Gasteiger partial charge in [-0.3, -0.25) is 0 Å². The van der Waals surface area contributed by atoms with Gasteiger partial charge in [0.1, 0.15) is 23.8 Å². The number of rotatable bonds is 5. The zero-order valence-electron chi connectivity index (χ0n) is 10.1. The number of benzene rings is 1. The predicted molar refractivity (Wildman–Crippen MR) is 64.8 cm³/mol. The standard InChI is InChI=1S/C13H16N2O2/c1-10-13(15-9-17-10)8-16-12-5-3-11(4-6-12)7-14-2/h3-6,9,14H,7-8H2,1-2H3. The summed E-state index contributed by atoms with van der Waals surface area (Å²) in [6, 6.07) is 8.01. The normalized spacial score (nSPS) is 10.5. The van der Waals surface area contributed by atoms with Gasteiger partial charge in [0.05, 0.1) is 0 Å². The van der Waals surface area contributed by atoms with Crippen molar-refractivity contribution < 1.29 is 9.15 Å². The molecule has 17 heavy (non-hydrogen) atoms. The minimum atomic E-state index is 0.438. The first-order valence-corrected chi connectivity index (χ1v) is 5.55. The van der Waals surface area contributed by atoms with E-state index in [1.54, 1.807) is 0 Å². The molecule has 1 aromatic heterocycles. The fraction of sp³-hybridized carbons (Fsp3) is 0.308. The maximum absolute atomic E-state index is 5.62. The van der Waals surface area contributed by atoms with Crippen molar-refractivity contribution in [3.63, 3.8) is 0 Å². The highest BCUT2D eigenvalue weighted by atomic mass is 16.5. The van der Waals surface area contributed by atoms with Crippen LogP contribution in [-0.2, 0) is 13.2 Å². The third kappa shape index (κ3) is 3.07. The summed E-state index contributed by atoms with van der Waals surface area (Å²) in [5, 5.41) is 3.10. The summed E-state index contributed by atoms with van der Waals surface area (Å²) in [7, 11) is 1.93. The molecule has 0 unspecified atom stereocenters. The molecule has 2 rings (SSSR count). The van der Waals surface area contributed by atoms with Crippen molar-refractivity contribution in [2.45, 2.75) is 20.1 Å². The molecule has 0 aliphatic rings. The first-order valence-electron chi connectivity index (χ1n) is 5.55. The number of oxazole rings is 1. The third-order valence-corrected chi connectivity index (χ3v) is 2.52. The molecule has 1 N–H and O–H groups in total. The molecule has 0 atom stereocenters. The topological polar surface area (TPSA) is 47.3 Å². The smallest absolute Gasteiger partial charge is 0.181 e. The molecular weight excluding hydrogens is 216 g/mol. The SMILES string of the molecule is CNCc1ccc(OCc2ncoc2C)cc1. The van der Waals surface area contributed by atoms with Gasteiger partial charge in [-0.2, -0.15) is 0 Å². The Morgan fingerprint density at radius 2 is 2.06 bits per heavy atom. The minimum absolute atomic E-state index is 0.438. The van der Waals surface area contributed by atoms with Crippen LogP contribution in [-0.4, -0.2) is 12.0 Å². The van der Waals surface area contributed by atoms with E-state index in [1.807, 2.05) is 38.2 Å². The Morgan fingerprint density at radius 3 is 2.65 bits per heavy atom. The van der Waals surface area contributed by atoms with Crippen LogP contribution in [0.4, 0.5) is 0 Å². The number of nitrogens with zero attached hydrogens (tertiary/aromatic N) is 1. The van der Waals surface area contributed by atoms with Gasteiger partial charge in [-0.15, -0.1) is 0 Å². The summed E-state index contributed by atoms with van der Waals surface area (Å²) in [6.45, 7) is 3.18. The second-order valence-corrected chi connectivity index (χ2v) is 3.82. The highest BCUT2D eigenvalue weighted by molar-refractivity contribution is 5.27. The number of ether oxygens (including phenoxy) is 1. The maximum Gasteiger partial charge on any atom is 0.181 e. The van der Waals surface area contributed by atoms with Crippen LogP contribution < -0.4 is 10.1 Å². The van der Waals surface area contributed by atoms with Crippen LogP contribution in [0.25, 0.3) is 0 Å². The van der Waals surface area contributed by atoms with E-state index in [-0.39, 0.29) is 0 Å². The summed E-state index contributed by atoms with van der Waals surface area (Å²) in [5.74, 6) is 1.64. The Balaban J connectivity index is 1.93. The van der Waals surface area contributed by atoms with Gasteiger partial charge in [-0.25, -0.2) is 4.98 Å². The Bertz CT molecular complexity index is 463. The molecule has 2 aromatic rings. The lowest BCUT2D eigenvalue weighted by Gasteiger charge is -2.05. The quantitative estimate of drug-likeness (QED) is 0.859. The summed E-state index contributed by atoms with van der Waals surface area (Å²) in [5.41, 5.74) is 2.07. The number of nitrogens with one attached hydrogen (secondary N) is 1. The highest BCUT2D eigenvalue weighted by Crippen LogP contribution is 2.14. The number of aryl methyl sites for hydroxylation is 1. The fourth-order valence-corrected chi connectivity index (χ4v) is 1.53. The third-order valence-electron chi connectivity index (χ3n) is 2.52. The van der Waals surface area contributed by atoms with Gasteiger partial charge in [0, 0.05) is 6.54 Å². The van der Waals surface area contributed by atoms with E-state index in [0.717, 1.165) is 23.7 Å². The second kappa shape index (κ2) is 5.50. The van der Waals surface area contributed by atoms with Crippen molar-refractivity contribution >= 4 is 0 Å². The molecule has 0 aliphatic heterocycles. The summed E-state index contributed by atoms with van der Waals surface area (Å²) in [4.78, 5) is 4.08. The van der Waals surface area contributed by atoms with E-state index in [1.165, 1.54) is 12.0 Å². The molecular formula is C13H16N2O2. The summed E-state index contributed by atoms with van der Waals surface area (Å²) < 4.78 is 10.7. The lowest BCUT2D eigenvalue weighted by atomic mass is 10.2. The molecule has 90 valence electrons. The summed E-state index contributed by atoms with van der Waals surface area (Å²) in [6.07, 6.45) is 1.43. The lowest BCUT2D eigenvalue weighted by molar-refractivity contribution is 0.299. The molecule has 1 aromatic carbocycles.